The van der Waals surface area contributed by atoms with Crippen molar-refractivity contribution < 1.29 is 49.0 Å². The number of aromatic hydroxyl groups is 2. The molecule has 4 unspecified atom stereocenters. The van der Waals surface area contributed by atoms with Crippen molar-refractivity contribution in [2.24, 2.45) is 0 Å². The lowest BCUT2D eigenvalue weighted by Crippen LogP contribution is -2.50. The highest BCUT2D eigenvalue weighted by molar-refractivity contribution is 6.30. The minimum Gasteiger partial charge on any atom is -0.507 e. The van der Waals surface area contributed by atoms with Crippen LogP contribution in [0.1, 0.15) is 81.3 Å². The first kappa shape index (κ1) is 29.2. The van der Waals surface area contributed by atoms with Crippen LogP contribution >= 0.6 is 0 Å². The summed E-state index contributed by atoms with van der Waals surface area (Å²) in [7, 11) is 0. The highest BCUT2D eigenvalue weighted by Crippen LogP contribution is 2.52. The Morgan fingerprint density at radius 2 is 1.58 bits per heavy atom. The lowest BCUT2D eigenvalue weighted by Gasteiger charge is -2.42. The van der Waals surface area contributed by atoms with Gasteiger partial charge in [0.05, 0.1) is 36.0 Å². The van der Waals surface area contributed by atoms with E-state index in [0.29, 0.717) is 0 Å². The number of benzene rings is 3. The van der Waals surface area contributed by atoms with Crippen LogP contribution in [0.3, 0.4) is 0 Å². The van der Waals surface area contributed by atoms with Crippen LogP contribution in [0.15, 0.2) is 54.6 Å². The number of carbonyl (C=O) groups is 3. The Hall–Kier alpha value is -3.93. The van der Waals surface area contributed by atoms with E-state index >= 15 is 0 Å². The smallest absolute Gasteiger partial charge is 0.198 e. The van der Waals surface area contributed by atoms with Gasteiger partial charge in [-0.1, -0.05) is 54.6 Å². The second-order valence-corrected chi connectivity index (χ2v) is 11.5. The summed E-state index contributed by atoms with van der Waals surface area (Å²) in [6.45, 7) is 3.17. The van der Waals surface area contributed by atoms with Gasteiger partial charge in [-0.2, -0.15) is 0 Å². The summed E-state index contributed by atoms with van der Waals surface area (Å²) >= 11 is 0. The van der Waals surface area contributed by atoms with Crippen LogP contribution in [0.2, 0.25) is 0 Å². The molecule has 3 aromatic rings. The zero-order chi connectivity index (χ0) is 30.6. The zero-order valence-corrected chi connectivity index (χ0v) is 23.6. The fraction of sp³-hybridized carbons (Fsp3) is 0.364. The van der Waals surface area contributed by atoms with E-state index in [0.717, 1.165) is 5.56 Å². The molecule has 10 heteroatoms. The van der Waals surface area contributed by atoms with Gasteiger partial charge in [0, 0.05) is 41.5 Å². The number of ether oxygens (including phenoxy) is 3. The lowest BCUT2D eigenvalue weighted by atomic mass is 9.72. The van der Waals surface area contributed by atoms with Crippen molar-refractivity contribution in [1.82, 2.24) is 0 Å². The Bertz CT molecular complexity index is 1600. The van der Waals surface area contributed by atoms with Crippen molar-refractivity contribution >= 4 is 17.3 Å². The molecule has 0 aromatic heterocycles. The van der Waals surface area contributed by atoms with Crippen LogP contribution < -0.4 is 0 Å². The average molecular weight is 589 g/mol. The van der Waals surface area contributed by atoms with E-state index in [2.05, 4.69) is 0 Å². The average Bonchev–Trinajstić information content (AvgIpc) is 2.97. The summed E-state index contributed by atoms with van der Waals surface area (Å²) in [5.74, 6) is -3.09. The summed E-state index contributed by atoms with van der Waals surface area (Å²) in [5.41, 5.74) is -1.76. The Labute approximate surface area is 247 Å². The van der Waals surface area contributed by atoms with Crippen LogP contribution in [0.4, 0.5) is 0 Å². The van der Waals surface area contributed by atoms with E-state index in [-0.39, 0.29) is 52.8 Å². The fourth-order valence-corrected chi connectivity index (χ4v) is 6.37. The quantitative estimate of drug-likeness (QED) is 0.246. The number of aliphatic hydroxyl groups excluding tert-OH is 1. The molecule has 224 valence electrons. The van der Waals surface area contributed by atoms with Gasteiger partial charge in [0.1, 0.15) is 23.2 Å². The number of carbonyl (C=O) groups excluding carboxylic acids is 3. The molecule has 0 bridgehead atoms. The van der Waals surface area contributed by atoms with Crippen molar-refractivity contribution in [3.05, 3.63) is 93.5 Å². The van der Waals surface area contributed by atoms with Crippen molar-refractivity contribution in [2.45, 2.75) is 76.0 Å². The maximum atomic E-state index is 13.5. The molecule has 1 aliphatic heterocycles. The molecule has 1 saturated heterocycles. The molecule has 1 heterocycles. The number of ketones is 3. The monoisotopic (exact) mass is 588 g/mol. The number of hydrogen-bond donors (Lipinski definition) is 4. The minimum absolute atomic E-state index is 0.0177. The molecule has 3 aromatic carbocycles. The van der Waals surface area contributed by atoms with Crippen molar-refractivity contribution in [3.63, 3.8) is 0 Å². The Morgan fingerprint density at radius 3 is 2.19 bits per heavy atom. The van der Waals surface area contributed by atoms with Crippen molar-refractivity contribution in [1.29, 1.82) is 0 Å². The second-order valence-electron chi connectivity index (χ2n) is 11.5. The van der Waals surface area contributed by atoms with E-state index in [1.54, 1.807) is 19.1 Å². The van der Waals surface area contributed by atoms with Crippen LogP contribution in [0.25, 0.3) is 0 Å². The molecule has 3 aliphatic rings. The number of rotatable bonds is 6. The fourth-order valence-electron chi connectivity index (χ4n) is 6.37. The van der Waals surface area contributed by atoms with E-state index in [4.69, 9.17) is 14.2 Å². The number of Topliss-reactive ketones (excluding diaryl/α,β-unsaturated/α-hetero) is 1. The maximum Gasteiger partial charge on any atom is 0.198 e. The van der Waals surface area contributed by atoms with Gasteiger partial charge in [-0.05, 0) is 19.4 Å². The van der Waals surface area contributed by atoms with Gasteiger partial charge in [-0.3, -0.25) is 14.4 Å². The molecule has 6 rings (SSSR count). The Morgan fingerprint density at radius 1 is 0.977 bits per heavy atom. The van der Waals surface area contributed by atoms with Crippen LogP contribution in [-0.4, -0.2) is 68.0 Å². The molecule has 0 saturated carbocycles. The third-order valence-corrected chi connectivity index (χ3v) is 8.67. The number of fused-ring (bicyclic) bond motifs is 3. The largest absolute Gasteiger partial charge is 0.507 e. The van der Waals surface area contributed by atoms with Gasteiger partial charge < -0.3 is 34.6 Å². The normalized spacial score (nSPS) is 28.1. The first-order valence-electron chi connectivity index (χ1n) is 14.2. The van der Waals surface area contributed by atoms with Crippen LogP contribution in [0, 0.1) is 0 Å². The zero-order valence-electron chi connectivity index (χ0n) is 23.6. The van der Waals surface area contributed by atoms with Crippen molar-refractivity contribution in [3.8, 4) is 11.5 Å². The number of phenols is 2. The Balaban J connectivity index is 1.33. The van der Waals surface area contributed by atoms with Gasteiger partial charge in [0.2, 0.25) is 0 Å². The minimum atomic E-state index is -2.00. The van der Waals surface area contributed by atoms with Gasteiger partial charge in [0.25, 0.3) is 0 Å². The molecule has 1 fully saturated rings. The molecular weight excluding hydrogens is 556 g/mol. The summed E-state index contributed by atoms with van der Waals surface area (Å²) in [6, 6.07) is 15.6. The number of hydrogen-bond acceptors (Lipinski definition) is 10. The van der Waals surface area contributed by atoms with Gasteiger partial charge in [-0.15, -0.1) is 0 Å². The predicted molar refractivity (Wildman–Crippen MR) is 151 cm³/mol. The topological polar surface area (TPSA) is 160 Å². The molecule has 0 spiro atoms. The van der Waals surface area contributed by atoms with Gasteiger partial charge in [-0.25, -0.2) is 0 Å². The third kappa shape index (κ3) is 4.95. The van der Waals surface area contributed by atoms with Gasteiger partial charge in [0.15, 0.2) is 23.6 Å². The van der Waals surface area contributed by atoms with E-state index in [9.17, 15) is 34.8 Å². The van der Waals surface area contributed by atoms with Crippen molar-refractivity contribution in [2.75, 3.05) is 0 Å². The summed E-state index contributed by atoms with van der Waals surface area (Å²) in [5, 5.41) is 45.2. The SMILES string of the molecule is CC(=O)[C@]1(O)Cc2c(O)c3c(c(O)c2[C@H](OC2CC(O)C(OCc4ccccc4)C(C)O2)C1)C(=O)c1ccccc1C3=O. The lowest BCUT2D eigenvalue weighted by molar-refractivity contribution is -0.274. The first-order valence-corrected chi connectivity index (χ1v) is 14.2. The molecular formula is C33H32O10. The van der Waals surface area contributed by atoms with Gasteiger partial charge >= 0.3 is 0 Å². The second kappa shape index (κ2) is 11.0. The molecule has 0 radical (unpaired) electrons. The predicted octanol–water partition coefficient (Wildman–Crippen LogP) is 3.28. The van der Waals surface area contributed by atoms with Crippen LogP contribution in [0.5, 0.6) is 11.5 Å². The van der Waals surface area contributed by atoms with E-state index in [1.807, 2.05) is 30.3 Å². The molecule has 4 N–H and O–H groups in total. The van der Waals surface area contributed by atoms with E-state index in [1.165, 1.54) is 19.1 Å². The summed E-state index contributed by atoms with van der Waals surface area (Å²) < 4.78 is 18.2. The van der Waals surface area contributed by atoms with Crippen LogP contribution in [-0.2, 0) is 32.0 Å². The van der Waals surface area contributed by atoms with E-state index < -0.39 is 71.6 Å². The molecule has 43 heavy (non-hydrogen) atoms. The molecule has 0 amide bonds. The number of aliphatic hydroxyl groups is 2. The molecule has 10 nitrogen and oxygen atoms in total. The first-order chi connectivity index (χ1) is 20.5. The summed E-state index contributed by atoms with van der Waals surface area (Å²) in [4.78, 5) is 39.5. The Kier molecular flexibility index (Phi) is 7.44. The highest BCUT2D eigenvalue weighted by atomic mass is 16.7. The highest BCUT2D eigenvalue weighted by Gasteiger charge is 2.49. The number of phenolic OH excluding ortho intramolecular Hbond substituents is 2. The molecule has 2 aliphatic carbocycles. The maximum absolute atomic E-state index is 13.5. The third-order valence-electron chi connectivity index (χ3n) is 8.67. The molecule has 6 atom stereocenters. The standard InChI is InChI=1S/C33H32O10/c1-16-32(41-15-18-8-4-3-5-9-18)22(35)12-24(42-16)43-23-14-33(40,17(2)34)13-21-25(23)31(39)27-26(30(21)38)28(36)19-10-6-7-11-20(19)29(27)37/h3-11,16,22-24,32,35,38-40H,12-15H2,1-2H3/t16?,22?,23-,24?,32?,33+/m1/s1. The summed E-state index contributed by atoms with van der Waals surface area (Å²) in [6.07, 6.45) is -5.32.